The van der Waals surface area contributed by atoms with Crippen LogP contribution in [-0.4, -0.2) is 76.5 Å². The Kier molecular flexibility index (Phi) is 9.15. The molecule has 7 rings (SSSR count). The van der Waals surface area contributed by atoms with Crippen molar-refractivity contribution < 1.29 is 37.7 Å². The predicted octanol–water partition coefficient (Wildman–Crippen LogP) is 7.93. The molecule has 0 saturated carbocycles. The van der Waals surface area contributed by atoms with E-state index < -0.39 is 29.1 Å². The Bertz CT molecular complexity index is 2250. The number of amides is 2. The summed E-state index contributed by atoms with van der Waals surface area (Å²) in [6, 6.07) is 4.68. The van der Waals surface area contributed by atoms with E-state index in [-0.39, 0.29) is 68.4 Å². The van der Waals surface area contributed by atoms with E-state index in [2.05, 4.69) is 21.3 Å². The first-order valence-electron chi connectivity index (χ1n) is 17.1. The van der Waals surface area contributed by atoms with Gasteiger partial charge >= 0.3 is 18.2 Å². The highest BCUT2D eigenvalue weighted by Crippen LogP contribution is 2.51. The Balaban J connectivity index is 1.41. The summed E-state index contributed by atoms with van der Waals surface area (Å²) in [5.41, 5.74) is 1.14. The Labute approximate surface area is 313 Å². The molecule has 0 aliphatic carbocycles. The van der Waals surface area contributed by atoms with Crippen LogP contribution in [0.3, 0.4) is 0 Å². The third kappa shape index (κ3) is 6.57. The number of ether oxygens (including phenoxy) is 4. The standard InChI is InChI=1S/C37H38ClFN6O7S/c1-36(2,3)51-34(47)43-32-20(12-40)25-19(10-11-23(39)29(25)53-32)24-21-15-50-16-22(21)26-28(27(24)38)41-30(33(46)49-7)42-31(26)45-17-8-9-18(45)14-44(13-17)35(48)52-37(4,5)6/h10-11,17-18H,8-9,13-16H2,1-7H3,(H,43,47). The first-order valence-corrected chi connectivity index (χ1v) is 18.3. The molecule has 53 heavy (non-hydrogen) atoms. The van der Waals surface area contributed by atoms with Crippen molar-refractivity contribution in [3.63, 3.8) is 0 Å². The molecule has 3 aliphatic heterocycles. The molecule has 2 amide bonds. The molecule has 278 valence electrons. The zero-order chi connectivity index (χ0) is 38.1. The van der Waals surface area contributed by atoms with Crippen molar-refractivity contribution in [3.8, 4) is 17.2 Å². The second kappa shape index (κ2) is 13.3. The molecule has 2 bridgehead atoms. The number of nitrogens with zero attached hydrogens (tertiary/aromatic N) is 5. The molecular formula is C37H38ClFN6O7S. The third-order valence-corrected chi connectivity index (χ3v) is 10.8. The Morgan fingerprint density at radius 3 is 2.30 bits per heavy atom. The summed E-state index contributed by atoms with van der Waals surface area (Å²) in [6.07, 6.45) is 0.367. The molecule has 2 aromatic carbocycles. The smallest absolute Gasteiger partial charge is 0.412 e. The molecule has 0 spiro atoms. The minimum absolute atomic E-state index is 0.0345. The van der Waals surface area contributed by atoms with Crippen molar-refractivity contribution in [3.05, 3.63) is 45.5 Å². The number of hydrogen-bond acceptors (Lipinski definition) is 12. The van der Waals surface area contributed by atoms with Gasteiger partial charge < -0.3 is 28.7 Å². The highest BCUT2D eigenvalue weighted by molar-refractivity contribution is 7.23. The van der Waals surface area contributed by atoms with Crippen LogP contribution in [0.4, 0.5) is 24.8 Å². The van der Waals surface area contributed by atoms with Crippen LogP contribution in [0.5, 0.6) is 0 Å². The molecule has 1 N–H and O–H groups in total. The van der Waals surface area contributed by atoms with E-state index in [1.807, 2.05) is 20.8 Å². The van der Waals surface area contributed by atoms with Gasteiger partial charge in [0.25, 0.3) is 0 Å². The van der Waals surface area contributed by atoms with Gasteiger partial charge in [-0.2, -0.15) is 5.26 Å². The molecule has 2 atom stereocenters. The molecule has 16 heteroatoms. The molecule has 2 fully saturated rings. The zero-order valence-electron chi connectivity index (χ0n) is 30.3. The van der Waals surface area contributed by atoms with Gasteiger partial charge in [0.05, 0.1) is 46.5 Å². The summed E-state index contributed by atoms with van der Waals surface area (Å²) in [5, 5.41) is 14.1. The normalized spacial score (nSPS) is 18.3. The molecule has 2 unspecified atom stereocenters. The molecule has 2 aromatic heterocycles. The number of rotatable bonds is 4. The van der Waals surface area contributed by atoms with Crippen LogP contribution >= 0.6 is 22.9 Å². The number of fused-ring (bicyclic) bond motifs is 6. The minimum Gasteiger partial charge on any atom is -0.463 e. The van der Waals surface area contributed by atoms with Gasteiger partial charge in [-0.3, -0.25) is 5.32 Å². The number of thiophene rings is 1. The van der Waals surface area contributed by atoms with Crippen LogP contribution in [0.15, 0.2) is 12.1 Å². The van der Waals surface area contributed by atoms with Crippen LogP contribution < -0.4 is 10.2 Å². The first-order chi connectivity index (χ1) is 25.0. The van der Waals surface area contributed by atoms with Crippen molar-refractivity contribution >= 4 is 72.9 Å². The zero-order valence-corrected chi connectivity index (χ0v) is 31.9. The SMILES string of the molecule is COC(=O)c1nc(N2C3CCC2CN(C(=O)OC(C)(C)C)C3)c2c3c(c(-c4ccc(F)c5sc(NC(=O)OC(C)(C)C)c(C#N)c45)c(Cl)c2n1)COC3. The van der Waals surface area contributed by atoms with Gasteiger partial charge in [-0.1, -0.05) is 17.7 Å². The van der Waals surface area contributed by atoms with Crippen LogP contribution in [0.25, 0.3) is 32.1 Å². The van der Waals surface area contributed by atoms with Crippen LogP contribution in [0.2, 0.25) is 5.02 Å². The van der Waals surface area contributed by atoms with E-state index in [1.165, 1.54) is 19.2 Å². The fourth-order valence-corrected chi connectivity index (χ4v) is 8.78. The number of piperazine rings is 1. The second-order valence-corrected chi connectivity index (χ2v) is 16.6. The minimum atomic E-state index is -0.807. The highest BCUT2D eigenvalue weighted by atomic mass is 35.5. The van der Waals surface area contributed by atoms with E-state index in [9.17, 15) is 19.6 Å². The summed E-state index contributed by atoms with van der Waals surface area (Å²) in [6.45, 7) is 11.7. The number of methoxy groups -OCH3 is 1. The number of nitrogens with one attached hydrogen (secondary N) is 1. The maximum Gasteiger partial charge on any atom is 0.412 e. The number of hydrogen-bond donors (Lipinski definition) is 1. The lowest BCUT2D eigenvalue weighted by molar-refractivity contribution is 0.0209. The second-order valence-electron chi connectivity index (χ2n) is 15.2. The number of anilines is 2. The van der Waals surface area contributed by atoms with Gasteiger partial charge in [-0.25, -0.2) is 28.7 Å². The van der Waals surface area contributed by atoms with Crippen LogP contribution in [-0.2, 0) is 32.2 Å². The monoisotopic (exact) mass is 764 g/mol. The van der Waals surface area contributed by atoms with E-state index in [1.54, 1.807) is 25.7 Å². The predicted molar refractivity (Wildman–Crippen MR) is 197 cm³/mol. The highest BCUT2D eigenvalue weighted by Gasteiger charge is 2.45. The molecule has 2 saturated heterocycles. The maximum absolute atomic E-state index is 15.5. The van der Waals surface area contributed by atoms with Gasteiger partial charge in [0, 0.05) is 36.1 Å². The van der Waals surface area contributed by atoms with E-state index in [4.69, 9.17) is 35.5 Å². The van der Waals surface area contributed by atoms with E-state index in [0.29, 0.717) is 41.0 Å². The number of carbonyl (C=O) groups excluding carboxylic acids is 3. The van der Waals surface area contributed by atoms with Gasteiger partial charge in [0.1, 0.15) is 33.9 Å². The maximum atomic E-state index is 15.5. The van der Waals surface area contributed by atoms with Crippen molar-refractivity contribution in [2.45, 2.75) is 90.9 Å². The summed E-state index contributed by atoms with van der Waals surface area (Å²) in [7, 11) is 1.24. The number of carbonyl (C=O) groups is 3. The fraction of sp³-hybridized carbons (Fsp3) is 0.459. The van der Waals surface area contributed by atoms with Gasteiger partial charge in [0.15, 0.2) is 0 Å². The van der Waals surface area contributed by atoms with Crippen LogP contribution in [0, 0.1) is 17.1 Å². The Morgan fingerprint density at radius 2 is 1.68 bits per heavy atom. The Hall–Kier alpha value is -4.78. The lowest BCUT2D eigenvalue weighted by Gasteiger charge is -2.42. The molecule has 0 radical (unpaired) electrons. The molecule has 13 nitrogen and oxygen atoms in total. The van der Waals surface area contributed by atoms with Crippen molar-refractivity contribution in [1.29, 1.82) is 5.26 Å². The number of esters is 1. The quantitative estimate of drug-likeness (QED) is 0.159. The molecule has 3 aliphatic rings. The van der Waals surface area contributed by atoms with Gasteiger partial charge in [-0.05, 0) is 77.1 Å². The number of nitriles is 1. The largest absolute Gasteiger partial charge is 0.463 e. The van der Waals surface area contributed by atoms with Crippen molar-refractivity contribution in [1.82, 2.24) is 14.9 Å². The average molecular weight is 765 g/mol. The lowest BCUT2D eigenvalue weighted by atomic mass is 9.90. The molecular weight excluding hydrogens is 727 g/mol. The number of aromatic nitrogens is 2. The van der Waals surface area contributed by atoms with Crippen molar-refractivity contribution in [2.24, 2.45) is 0 Å². The number of benzene rings is 2. The number of likely N-dealkylation sites (tertiary alicyclic amines) is 1. The summed E-state index contributed by atoms with van der Waals surface area (Å²) < 4.78 is 37.8. The van der Waals surface area contributed by atoms with Crippen LogP contribution in [0.1, 0.15) is 81.7 Å². The fourth-order valence-electron chi connectivity index (χ4n) is 7.36. The summed E-state index contributed by atoms with van der Waals surface area (Å²) >= 11 is 8.27. The van der Waals surface area contributed by atoms with E-state index >= 15 is 4.39 Å². The summed E-state index contributed by atoms with van der Waals surface area (Å²) in [5.74, 6) is -1.10. The first kappa shape index (κ1) is 36.6. The topological polar surface area (TPSA) is 156 Å². The molecule has 5 heterocycles. The van der Waals surface area contributed by atoms with Gasteiger partial charge in [0.2, 0.25) is 5.82 Å². The van der Waals surface area contributed by atoms with Gasteiger partial charge in [-0.15, -0.1) is 11.3 Å². The van der Waals surface area contributed by atoms with E-state index in [0.717, 1.165) is 29.7 Å². The summed E-state index contributed by atoms with van der Waals surface area (Å²) in [4.78, 5) is 52.2. The molecule has 4 aromatic rings. The number of halogens is 2. The lowest BCUT2D eigenvalue weighted by Crippen LogP contribution is -2.56. The third-order valence-electron chi connectivity index (χ3n) is 9.31. The average Bonchev–Trinajstić information content (AvgIpc) is 3.77. The Morgan fingerprint density at radius 1 is 1.02 bits per heavy atom. The van der Waals surface area contributed by atoms with Crippen molar-refractivity contribution in [2.75, 3.05) is 30.4 Å².